The van der Waals surface area contributed by atoms with Crippen molar-refractivity contribution in [3.63, 3.8) is 0 Å². The molecule has 0 spiro atoms. The standard InChI is InChI=1S/C14H10Cl2F2N2OS/c15-8-5-9(16)7-11(6-8)20-14(22)19-10-1-3-12(4-2-10)21-13(17)18/h1-7,13H,(H2,19,20,22). The molecule has 2 rings (SSSR count). The number of halogens is 4. The molecule has 2 aromatic carbocycles. The van der Waals surface area contributed by atoms with E-state index in [0.29, 0.717) is 26.5 Å². The lowest BCUT2D eigenvalue weighted by Gasteiger charge is -2.12. The summed E-state index contributed by atoms with van der Waals surface area (Å²) >= 11 is 16.9. The predicted molar refractivity (Wildman–Crippen MR) is 89.4 cm³/mol. The Labute approximate surface area is 141 Å². The van der Waals surface area contributed by atoms with E-state index >= 15 is 0 Å². The SMILES string of the molecule is FC(F)Oc1ccc(NC(=S)Nc2cc(Cl)cc(Cl)c2)cc1. The van der Waals surface area contributed by atoms with Gasteiger partial charge in [-0.15, -0.1) is 0 Å². The maximum atomic E-state index is 12.0. The summed E-state index contributed by atoms with van der Waals surface area (Å²) in [5, 5.41) is 7.08. The van der Waals surface area contributed by atoms with Crippen molar-refractivity contribution in [2.45, 2.75) is 6.61 Å². The molecule has 0 aliphatic carbocycles. The first-order valence-corrected chi connectivity index (χ1v) is 7.18. The molecule has 0 radical (unpaired) electrons. The Bertz CT molecular complexity index is 648. The lowest BCUT2D eigenvalue weighted by atomic mass is 10.3. The van der Waals surface area contributed by atoms with Crippen molar-refractivity contribution in [1.29, 1.82) is 0 Å². The monoisotopic (exact) mass is 362 g/mol. The van der Waals surface area contributed by atoms with Gasteiger partial charge < -0.3 is 15.4 Å². The van der Waals surface area contributed by atoms with Gasteiger partial charge in [0.25, 0.3) is 0 Å². The maximum Gasteiger partial charge on any atom is 0.387 e. The average Bonchev–Trinajstić information content (AvgIpc) is 2.39. The summed E-state index contributed by atoms with van der Waals surface area (Å²) in [4.78, 5) is 0. The zero-order chi connectivity index (χ0) is 16.1. The van der Waals surface area contributed by atoms with Crippen molar-refractivity contribution in [2.75, 3.05) is 10.6 Å². The van der Waals surface area contributed by atoms with E-state index in [-0.39, 0.29) is 5.75 Å². The molecule has 0 aliphatic rings. The van der Waals surface area contributed by atoms with Crippen LogP contribution in [0.1, 0.15) is 0 Å². The first kappa shape index (κ1) is 16.7. The summed E-state index contributed by atoms with van der Waals surface area (Å²) < 4.78 is 28.4. The van der Waals surface area contributed by atoms with E-state index < -0.39 is 6.61 Å². The highest BCUT2D eigenvalue weighted by molar-refractivity contribution is 7.80. The molecule has 0 atom stereocenters. The highest BCUT2D eigenvalue weighted by Crippen LogP contribution is 2.23. The molecule has 0 saturated carbocycles. The molecule has 2 N–H and O–H groups in total. The smallest absolute Gasteiger partial charge is 0.387 e. The van der Waals surface area contributed by atoms with Crippen LogP contribution in [0.25, 0.3) is 0 Å². The molecule has 3 nitrogen and oxygen atoms in total. The highest BCUT2D eigenvalue weighted by Gasteiger charge is 2.05. The summed E-state index contributed by atoms with van der Waals surface area (Å²) in [6.07, 6.45) is 0. The van der Waals surface area contributed by atoms with Gasteiger partial charge in [0.1, 0.15) is 5.75 Å². The highest BCUT2D eigenvalue weighted by atomic mass is 35.5. The second-order valence-corrected chi connectivity index (χ2v) is 5.42. The van der Waals surface area contributed by atoms with Crippen molar-refractivity contribution in [3.8, 4) is 5.75 Å². The van der Waals surface area contributed by atoms with Crippen molar-refractivity contribution in [3.05, 3.63) is 52.5 Å². The van der Waals surface area contributed by atoms with Crippen molar-refractivity contribution >= 4 is 51.9 Å². The van der Waals surface area contributed by atoms with Gasteiger partial charge in [-0.2, -0.15) is 8.78 Å². The number of thiocarbonyl (C=S) groups is 1. The molecule has 2 aromatic rings. The molecule has 0 amide bonds. The molecule has 0 unspecified atom stereocenters. The minimum atomic E-state index is -2.85. The van der Waals surface area contributed by atoms with Crippen molar-refractivity contribution in [1.82, 2.24) is 0 Å². The van der Waals surface area contributed by atoms with E-state index in [1.807, 2.05) is 0 Å². The van der Waals surface area contributed by atoms with Gasteiger partial charge in [0.2, 0.25) is 0 Å². The molecule has 0 aromatic heterocycles. The summed E-state index contributed by atoms with van der Waals surface area (Å²) in [6.45, 7) is -2.85. The third-order valence-corrected chi connectivity index (χ3v) is 3.10. The Morgan fingerprint density at radius 3 is 2.05 bits per heavy atom. The zero-order valence-electron chi connectivity index (χ0n) is 10.9. The Morgan fingerprint density at radius 1 is 0.955 bits per heavy atom. The lowest BCUT2D eigenvalue weighted by Crippen LogP contribution is -2.19. The van der Waals surface area contributed by atoms with E-state index in [9.17, 15) is 8.78 Å². The van der Waals surface area contributed by atoms with E-state index in [2.05, 4.69) is 15.4 Å². The largest absolute Gasteiger partial charge is 0.435 e. The normalized spacial score (nSPS) is 10.4. The summed E-state index contributed by atoms with van der Waals surface area (Å²) in [7, 11) is 0. The zero-order valence-corrected chi connectivity index (χ0v) is 13.3. The van der Waals surface area contributed by atoms with Crippen LogP contribution < -0.4 is 15.4 Å². The van der Waals surface area contributed by atoms with Gasteiger partial charge in [-0.25, -0.2) is 0 Å². The van der Waals surface area contributed by atoms with E-state index in [1.54, 1.807) is 30.3 Å². The third kappa shape index (κ3) is 5.29. The van der Waals surface area contributed by atoms with Crippen LogP contribution in [0.5, 0.6) is 5.75 Å². The Kier molecular flexibility index (Phi) is 5.76. The molecule has 22 heavy (non-hydrogen) atoms. The molecule has 0 heterocycles. The fraction of sp³-hybridized carbons (Fsp3) is 0.0714. The first-order valence-electron chi connectivity index (χ1n) is 6.01. The molecule has 116 valence electrons. The van der Waals surface area contributed by atoms with Gasteiger partial charge in [-0.05, 0) is 54.7 Å². The van der Waals surface area contributed by atoms with Gasteiger partial charge in [0.05, 0.1) is 0 Å². The fourth-order valence-electron chi connectivity index (χ4n) is 1.64. The second kappa shape index (κ2) is 7.58. The summed E-state index contributed by atoms with van der Waals surface area (Å²) in [6, 6.07) is 10.9. The van der Waals surface area contributed by atoms with Crippen LogP contribution in [0.2, 0.25) is 10.0 Å². The van der Waals surface area contributed by atoms with Crippen LogP contribution in [0, 0.1) is 0 Å². The van der Waals surface area contributed by atoms with Gasteiger partial charge in [0, 0.05) is 21.4 Å². The number of hydrogen-bond donors (Lipinski definition) is 2. The molecule has 0 bridgehead atoms. The number of nitrogens with one attached hydrogen (secondary N) is 2. The quantitative estimate of drug-likeness (QED) is 0.713. The first-order chi connectivity index (χ1) is 10.4. The number of hydrogen-bond acceptors (Lipinski definition) is 2. The molecular formula is C14H10Cl2F2N2OS. The number of rotatable bonds is 4. The minimum Gasteiger partial charge on any atom is -0.435 e. The third-order valence-electron chi connectivity index (χ3n) is 2.46. The minimum absolute atomic E-state index is 0.0704. The molecular weight excluding hydrogens is 353 g/mol. The van der Waals surface area contributed by atoms with Crippen molar-refractivity contribution < 1.29 is 13.5 Å². The summed E-state index contributed by atoms with van der Waals surface area (Å²) in [5.41, 5.74) is 1.25. The van der Waals surface area contributed by atoms with Gasteiger partial charge in [-0.1, -0.05) is 23.2 Å². The fourth-order valence-corrected chi connectivity index (χ4v) is 2.40. The topological polar surface area (TPSA) is 33.3 Å². The molecule has 8 heteroatoms. The van der Waals surface area contributed by atoms with Crippen LogP contribution in [0.3, 0.4) is 0 Å². The number of benzene rings is 2. The van der Waals surface area contributed by atoms with Crippen molar-refractivity contribution in [2.24, 2.45) is 0 Å². The Morgan fingerprint density at radius 2 is 1.50 bits per heavy atom. The van der Waals surface area contributed by atoms with E-state index in [1.165, 1.54) is 12.1 Å². The molecule has 0 fully saturated rings. The van der Waals surface area contributed by atoms with Crippen LogP contribution in [0.4, 0.5) is 20.2 Å². The number of alkyl halides is 2. The van der Waals surface area contributed by atoms with Crippen LogP contribution >= 0.6 is 35.4 Å². The predicted octanol–water partition coefficient (Wildman–Crippen LogP) is 5.40. The van der Waals surface area contributed by atoms with Crippen LogP contribution in [-0.2, 0) is 0 Å². The average molecular weight is 363 g/mol. The van der Waals surface area contributed by atoms with E-state index in [4.69, 9.17) is 35.4 Å². The molecule has 0 aliphatic heterocycles. The van der Waals surface area contributed by atoms with Crippen LogP contribution in [-0.4, -0.2) is 11.7 Å². The van der Waals surface area contributed by atoms with Gasteiger partial charge in [0.15, 0.2) is 5.11 Å². The Hall–Kier alpha value is -1.63. The lowest BCUT2D eigenvalue weighted by molar-refractivity contribution is -0.0498. The van der Waals surface area contributed by atoms with Gasteiger partial charge >= 0.3 is 6.61 Å². The number of ether oxygens (including phenoxy) is 1. The number of anilines is 2. The summed E-state index contributed by atoms with van der Waals surface area (Å²) in [5.74, 6) is 0.0704. The van der Waals surface area contributed by atoms with E-state index in [0.717, 1.165) is 0 Å². The molecule has 0 saturated heterocycles. The maximum absolute atomic E-state index is 12.0. The van der Waals surface area contributed by atoms with Gasteiger partial charge in [-0.3, -0.25) is 0 Å². The van der Waals surface area contributed by atoms with Crippen LogP contribution in [0.15, 0.2) is 42.5 Å². The second-order valence-electron chi connectivity index (χ2n) is 4.14. The Balaban J connectivity index is 1.96.